The van der Waals surface area contributed by atoms with Crippen LogP contribution in [0.25, 0.3) is 0 Å². The minimum Gasteiger partial charge on any atom is -0.493 e. The smallest absolute Gasteiger partial charge is 0.273 e. The molecule has 0 radical (unpaired) electrons. The fourth-order valence-corrected chi connectivity index (χ4v) is 2.10. The zero-order valence-electron chi connectivity index (χ0n) is 13.9. The summed E-state index contributed by atoms with van der Waals surface area (Å²) in [6.07, 6.45) is 0. The number of nitrogens with zero attached hydrogens (tertiary/aromatic N) is 1. The number of rotatable bonds is 9. The summed E-state index contributed by atoms with van der Waals surface area (Å²) in [5.41, 5.74) is -0.155. The maximum Gasteiger partial charge on any atom is 0.273 e. The highest BCUT2D eigenvalue weighted by molar-refractivity contribution is 6.30. The molecule has 9 heteroatoms. The molecule has 26 heavy (non-hydrogen) atoms. The highest BCUT2D eigenvalue weighted by atomic mass is 35.5. The van der Waals surface area contributed by atoms with E-state index in [2.05, 4.69) is 5.32 Å². The summed E-state index contributed by atoms with van der Waals surface area (Å²) in [6.45, 7) is 0.239. The molecule has 0 saturated heterocycles. The molecule has 2 rings (SSSR count). The van der Waals surface area contributed by atoms with Crippen molar-refractivity contribution in [3.05, 3.63) is 57.6 Å². The van der Waals surface area contributed by atoms with Crippen LogP contribution in [0.2, 0.25) is 5.02 Å². The Hall–Kier alpha value is -3.00. The predicted molar refractivity (Wildman–Crippen MR) is 95.1 cm³/mol. The van der Waals surface area contributed by atoms with Gasteiger partial charge in [0.2, 0.25) is 0 Å². The first-order valence-corrected chi connectivity index (χ1v) is 7.97. The SMILES string of the molecule is COc1ccc([N+](=O)[O-])cc1OCC(=O)NCCOc1ccc(Cl)cc1. The van der Waals surface area contributed by atoms with Gasteiger partial charge in [0, 0.05) is 11.1 Å². The quantitative estimate of drug-likeness (QED) is 0.408. The number of carbonyl (C=O) groups excluding carboxylic acids is 1. The summed E-state index contributed by atoms with van der Waals surface area (Å²) in [5.74, 6) is 0.670. The Morgan fingerprint density at radius 2 is 1.88 bits per heavy atom. The van der Waals surface area contributed by atoms with Gasteiger partial charge in [-0.05, 0) is 30.3 Å². The second-order valence-electron chi connectivity index (χ2n) is 5.03. The first kappa shape index (κ1) is 19.3. The minimum absolute atomic E-state index is 0.120. The first-order chi connectivity index (χ1) is 12.5. The lowest BCUT2D eigenvalue weighted by Crippen LogP contribution is -2.32. The molecule has 0 aliphatic heterocycles. The largest absolute Gasteiger partial charge is 0.493 e. The number of hydrogen-bond donors (Lipinski definition) is 1. The van der Waals surface area contributed by atoms with E-state index in [4.69, 9.17) is 25.8 Å². The maximum absolute atomic E-state index is 11.8. The van der Waals surface area contributed by atoms with Crippen molar-refractivity contribution >= 4 is 23.2 Å². The lowest BCUT2D eigenvalue weighted by atomic mass is 10.3. The number of halogens is 1. The number of nitro groups is 1. The average molecular weight is 381 g/mol. The Morgan fingerprint density at radius 3 is 2.54 bits per heavy atom. The molecule has 2 aromatic rings. The average Bonchev–Trinajstić information content (AvgIpc) is 2.64. The Labute approximate surface area is 154 Å². The van der Waals surface area contributed by atoms with E-state index in [1.807, 2.05) is 0 Å². The van der Waals surface area contributed by atoms with Crippen molar-refractivity contribution in [2.75, 3.05) is 26.9 Å². The van der Waals surface area contributed by atoms with Gasteiger partial charge in [0.25, 0.3) is 11.6 Å². The van der Waals surface area contributed by atoms with Crippen LogP contribution in [-0.2, 0) is 4.79 Å². The third-order valence-corrected chi connectivity index (χ3v) is 3.48. The molecular formula is C17H17ClN2O6. The van der Waals surface area contributed by atoms with Crippen molar-refractivity contribution in [3.8, 4) is 17.2 Å². The zero-order valence-corrected chi connectivity index (χ0v) is 14.7. The summed E-state index contributed by atoms with van der Waals surface area (Å²) in [5, 5.41) is 14.0. The number of benzene rings is 2. The van der Waals surface area contributed by atoms with Gasteiger partial charge in [0.15, 0.2) is 18.1 Å². The molecule has 0 unspecified atom stereocenters. The standard InChI is InChI=1S/C17H17ClN2O6/c1-24-15-7-4-13(20(22)23)10-16(15)26-11-17(21)19-8-9-25-14-5-2-12(18)3-6-14/h2-7,10H,8-9,11H2,1H3,(H,19,21). The minimum atomic E-state index is -0.555. The number of nitrogens with one attached hydrogen (secondary N) is 1. The van der Waals surface area contributed by atoms with E-state index < -0.39 is 10.8 Å². The summed E-state index contributed by atoms with van der Waals surface area (Å²) >= 11 is 5.78. The predicted octanol–water partition coefficient (Wildman–Crippen LogP) is 2.83. The van der Waals surface area contributed by atoms with Crippen LogP contribution in [0.4, 0.5) is 5.69 Å². The van der Waals surface area contributed by atoms with Crippen LogP contribution < -0.4 is 19.5 Å². The van der Waals surface area contributed by atoms with Gasteiger partial charge in [-0.1, -0.05) is 11.6 Å². The van der Waals surface area contributed by atoms with Crippen molar-refractivity contribution in [2.45, 2.75) is 0 Å². The van der Waals surface area contributed by atoms with Crippen LogP contribution in [0.1, 0.15) is 0 Å². The van der Waals surface area contributed by atoms with E-state index in [9.17, 15) is 14.9 Å². The lowest BCUT2D eigenvalue weighted by molar-refractivity contribution is -0.385. The second-order valence-corrected chi connectivity index (χ2v) is 5.47. The van der Waals surface area contributed by atoms with Gasteiger partial charge in [-0.15, -0.1) is 0 Å². The van der Waals surface area contributed by atoms with Gasteiger partial charge in [0.05, 0.1) is 24.6 Å². The van der Waals surface area contributed by atoms with Crippen LogP contribution in [0.15, 0.2) is 42.5 Å². The van der Waals surface area contributed by atoms with Gasteiger partial charge >= 0.3 is 0 Å². The molecule has 0 aliphatic rings. The number of amides is 1. The lowest BCUT2D eigenvalue weighted by Gasteiger charge is -2.11. The molecule has 0 aromatic heterocycles. The van der Waals surface area contributed by atoms with Crippen molar-refractivity contribution < 1.29 is 23.9 Å². The molecule has 0 bridgehead atoms. The maximum atomic E-state index is 11.8. The normalized spacial score (nSPS) is 10.1. The molecule has 0 fully saturated rings. The molecule has 138 valence electrons. The fourth-order valence-electron chi connectivity index (χ4n) is 1.98. The molecule has 0 saturated carbocycles. The molecular weight excluding hydrogens is 364 g/mol. The third-order valence-electron chi connectivity index (χ3n) is 3.22. The molecule has 1 amide bonds. The summed E-state index contributed by atoms with van der Waals surface area (Å²) in [7, 11) is 1.40. The Kier molecular flexibility index (Phi) is 7.04. The van der Waals surface area contributed by atoms with Gasteiger partial charge in [-0.2, -0.15) is 0 Å². The van der Waals surface area contributed by atoms with Crippen LogP contribution in [-0.4, -0.2) is 37.7 Å². The monoisotopic (exact) mass is 380 g/mol. The topological polar surface area (TPSA) is 99.9 Å². The first-order valence-electron chi connectivity index (χ1n) is 7.60. The Bertz CT molecular complexity index is 766. The molecule has 8 nitrogen and oxygen atoms in total. The van der Waals surface area contributed by atoms with E-state index in [0.717, 1.165) is 0 Å². The summed E-state index contributed by atoms with van der Waals surface area (Å²) in [4.78, 5) is 22.1. The molecule has 0 atom stereocenters. The van der Waals surface area contributed by atoms with E-state index in [1.165, 1.54) is 25.3 Å². The number of hydrogen-bond acceptors (Lipinski definition) is 6. The number of carbonyl (C=O) groups is 1. The van der Waals surface area contributed by atoms with Gasteiger partial charge < -0.3 is 19.5 Å². The number of ether oxygens (including phenoxy) is 3. The van der Waals surface area contributed by atoms with E-state index in [0.29, 0.717) is 16.5 Å². The van der Waals surface area contributed by atoms with Gasteiger partial charge in [0.1, 0.15) is 12.4 Å². The van der Waals surface area contributed by atoms with E-state index in [1.54, 1.807) is 24.3 Å². The zero-order chi connectivity index (χ0) is 18.9. The van der Waals surface area contributed by atoms with Crippen LogP contribution in [0.5, 0.6) is 17.2 Å². The van der Waals surface area contributed by atoms with Crippen molar-refractivity contribution in [3.63, 3.8) is 0 Å². The number of methoxy groups -OCH3 is 1. The molecule has 2 aromatic carbocycles. The molecule has 1 N–H and O–H groups in total. The Balaban J connectivity index is 1.77. The molecule has 0 spiro atoms. The van der Waals surface area contributed by atoms with Crippen LogP contribution >= 0.6 is 11.6 Å². The van der Waals surface area contributed by atoms with Crippen molar-refractivity contribution in [1.82, 2.24) is 5.32 Å². The van der Waals surface area contributed by atoms with Crippen LogP contribution in [0.3, 0.4) is 0 Å². The van der Waals surface area contributed by atoms with Crippen molar-refractivity contribution in [2.24, 2.45) is 0 Å². The van der Waals surface area contributed by atoms with E-state index in [-0.39, 0.29) is 31.2 Å². The van der Waals surface area contributed by atoms with Gasteiger partial charge in [-0.3, -0.25) is 14.9 Å². The van der Waals surface area contributed by atoms with Crippen molar-refractivity contribution in [1.29, 1.82) is 0 Å². The Morgan fingerprint density at radius 1 is 1.15 bits per heavy atom. The number of non-ortho nitro benzene ring substituents is 1. The molecule has 0 aliphatic carbocycles. The fraction of sp³-hybridized carbons (Fsp3) is 0.235. The highest BCUT2D eigenvalue weighted by Gasteiger charge is 2.13. The van der Waals surface area contributed by atoms with Gasteiger partial charge in [-0.25, -0.2) is 0 Å². The summed E-state index contributed by atoms with van der Waals surface area (Å²) < 4.78 is 15.8. The summed E-state index contributed by atoms with van der Waals surface area (Å²) in [6, 6.07) is 10.8. The number of nitro benzene ring substituents is 1. The molecule has 0 heterocycles. The third kappa shape index (κ3) is 5.82. The van der Waals surface area contributed by atoms with Crippen LogP contribution in [0, 0.1) is 10.1 Å². The second kappa shape index (κ2) is 9.47. The highest BCUT2D eigenvalue weighted by Crippen LogP contribution is 2.30. The van der Waals surface area contributed by atoms with E-state index >= 15 is 0 Å².